The summed E-state index contributed by atoms with van der Waals surface area (Å²) in [4.78, 5) is 12.7. The number of hydrogen-bond acceptors (Lipinski definition) is 5. The Kier molecular flexibility index (Phi) is 4.27. The van der Waals surface area contributed by atoms with Gasteiger partial charge >= 0.3 is 0 Å². The van der Waals surface area contributed by atoms with E-state index in [2.05, 4.69) is 15.5 Å². The highest BCUT2D eigenvalue weighted by atomic mass is 32.1. The molecule has 0 aliphatic rings. The predicted octanol–water partition coefficient (Wildman–Crippen LogP) is 1.61. The lowest BCUT2D eigenvalue weighted by atomic mass is 10.3. The maximum absolute atomic E-state index is 11.8. The molecule has 1 amide bonds. The van der Waals surface area contributed by atoms with Crippen molar-refractivity contribution >= 4 is 29.0 Å². The van der Waals surface area contributed by atoms with E-state index in [-0.39, 0.29) is 12.5 Å². The minimum absolute atomic E-state index is 0.0104. The molecule has 2 N–H and O–H groups in total. The summed E-state index contributed by atoms with van der Waals surface area (Å²) in [6, 6.07) is 7.47. The van der Waals surface area contributed by atoms with Gasteiger partial charge in [0.2, 0.25) is 5.91 Å². The maximum Gasteiger partial charge on any atom is 0.244 e. The number of nitrogens with zero attached hydrogens (tertiary/aromatic N) is 3. The molecule has 0 saturated carbocycles. The molecular formula is C15H14N4O2S. The Morgan fingerprint density at radius 2 is 2.32 bits per heavy atom. The Morgan fingerprint density at radius 3 is 3.14 bits per heavy atom. The number of amides is 1. The highest BCUT2D eigenvalue weighted by Crippen LogP contribution is 2.16. The minimum atomic E-state index is -0.202. The van der Waals surface area contributed by atoms with Gasteiger partial charge in [0.05, 0.1) is 13.2 Å². The molecule has 6 nitrogen and oxygen atoms in total. The smallest absolute Gasteiger partial charge is 0.244 e. The highest BCUT2D eigenvalue weighted by Gasteiger charge is 2.05. The molecule has 0 aliphatic heterocycles. The van der Waals surface area contributed by atoms with Gasteiger partial charge in [-0.2, -0.15) is 0 Å². The summed E-state index contributed by atoms with van der Waals surface area (Å²) in [5.74, 6) is 0.475. The number of nitrogens with one attached hydrogen (secondary N) is 1. The summed E-state index contributed by atoms with van der Waals surface area (Å²) in [6.45, 7) is 0.317. The van der Waals surface area contributed by atoms with E-state index in [1.54, 1.807) is 6.08 Å². The molecule has 0 atom stereocenters. The number of thiophene rings is 1. The molecule has 0 bridgehead atoms. The first-order valence-electron chi connectivity index (χ1n) is 6.69. The molecule has 0 spiro atoms. The van der Waals surface area contributed by atoms with Gasteiger partial charge in [-0.3, -0.25) is 9.20 Å². The van der Waals surface area contributed by atoms with Crippen LogP contribution in [-0.4, -0.2) is 25.6 Å². The van der Waals surface area contributed by atoms with Crippen LogP contribution in [0.25, 0.3) is 11.7 Å². The molecular weight excluding hydrogens is 300 g/mol. The van der Waals surface area contributed by atoms with Crippen LogP contribution in [0.3, 0.4) is 0 Å². The standard InChI is InChI=1S/C15H14N4O2S/c20-9-11-7-12(22-10-11)4-5-15(21)16-8-14-18-17-13-3-1-2-6-19(13)14/h1-7,10,20H,8-9H2,(H,16,21)/b5-4+. The predicted molar refractivity (Wildman–Crippen MR) is 84.1 cm³/mol. The molecule has 0 aromatic carbocycles. The molecule has 0 unspecified atom stereocenters. The zero-order valence-electron chi connectivity index (χ0n) is 11.6. The lowest BCUT2D eigenvalue weighted by molar-refractivity contribution is -0.116. The van der Waals surface area contributed by atoms with Crippen LogP contribution in [0.4, 0.5) is 0 Å². The Balaban J connectivity index is 1.60. The second kappa shape index (κ2) is 6.50. The number of hydrogen-bond donors (Lipinski definition) is 2. The second-order valence-electron chi connectivity index (χ2n) is 4.61. The summed E-state index contributed by atoms with van der Waals surface area (Å²) >= 11 is 1.48. The Labute approximate surface area is 130 Å². The van der Waals surface area contributed by atoms with Crippen LogP contribution in [0.2, 0.25) is 0 Å². The van der Waals surface area contributed by atoms with Crippen LogP contribution in [0.1, 0.15) is 16.3 Å². The Morgan fingerprint density at radius 1 is 1.41 bits per heavy atom. The molecule has 7 heteroatoms. The van der Waals surface area contributed by atoms with Crippen LogP contribution in [0.5, 0.6) is 0 Å². The molecule has 0 fully saturated rings. The number of fused-ring (bicyclic) bond motifs is 1. The first-order valence-corrected chi connectivity index (χ1v) is 7.57. The lowest BCUT2D eigenvalue weighted by Gasteiger charge is -2.00. The van der Waals surface area contributed by atoms with Crippen LogP contribution < -0.4 is 5.32 Å². The first-order chi connectivity index (χ1) is 10.8. The molecule has 112 valence electrons. The van der Waals surface area contributed by atoms with Gasteiger partial charge in [-0.1, -0.05) is 6.07 Å². The van der Waals surface area contributed by atoms with E-state index in [0.717, 1.165) is 16.1 Å². The third-order valence-electron chi connectivity index (χ3n) is 3.06. The van der Waals surface area contributed by atoms with Crippen molar-refractivity contribution in [3.05, 3.63) is 58.2 Å². The summed E-state index contributed by atoms with van der Waals surface area (Å²) in [5, 5.41) is 21.7. The van der Waals surface area contributed by atoms with Gasteiger partial charge in [0.15, 0.2) is 11.5 Å². The summed E-state index contributed by atoms with van der Waals surface area (Å²) in [7, 11) is 0. The van der Waals surface area contributed by atoms with Crippen molar-refractivity contribution in [2.45, 2.75) is 13.2 Å². The third kappa shape index (κ3) is 3.21. The fraction of sp³-hybridized carbons (Fsp3) is 0.133. The maximum atomic E-state index is 11.8. The Hall–Kier alpha value is -2.51. The van der Waals surface area contributed by atoms with E-state index in [1.165, 1.54) is 17.4 Å². The number of carbonyl (C=O) groups is 1. The van der Waals surface area contributed by atoms with Crippen molar-refractivity contribution in [3.63, 3.8) is 0 Å². The van der Waals surface area contributed by atoms with Gasteiger partial charge in [-0.15, -0.1) is 21.5 Å². The first kappa shape index (κ1) is 14.4. The topological polar surface area (TPSA) is 79.5 Å². The summed E-state index contributed by atoms with van der Waals surface area (Å²) < 4.78 is 1.83. The van der Waals surface area contributed by atoms with Crippen molar-refractivity contribution in [2.24, 2.45) is 0 Å². The molecule has 0 radical (unpaired) electrons. The molecule has 3 aromatic rings. The van der Waals surface area contributed by atoms with E-state index < -0.39 is 0 Å². The largest absolute Gasteiger partial charge is 0.392 e. The molecule has 3 heterocycles. The number of aromatic nitrogens is 3. The van der Waals surface area contributed by atoms with Gasteiger partial charge < -0.3 is 10.4 Å². The molecule has 3 rings (SSSR count). The quantitative estimate of drug-likeness (QED) is 0.701. The van der Waals surface area contributed by atoms with E-state index in [4.69, 9.17) is 5.11 Å². The van der Waals surface area contributed by atoms with E-state index in [0.29, 0.717) is 12.4 Å². The summed E-state index contributed by atoms with van der Waals surface area (Å²) in [5.41, 5.74) is 1.59. The number of aliphatic hydroxyl groups excluding tert-OH is 1. The van der Waals surface area contributed by atoms with Crippen molar-refractivity contribution in [1.82, 2.24) is 19.9 Å². The fourth-order valence-corrected chi connectivity index (χ4v) is 2.76. The SMILES string of the molecule is O=C(/C=C/c1cc(CO)cs1)NCc1nnc2ccccn12. The Bertz CT molecular complexity index is 822. The van der Waals surface area contributed by atoms with Crippen LogP contribution in [-0.2, 0) is 17.9 Å². The molecule has 0 saturated heterocycles. The van der Waals surface area contributed by atoms with Gasteiger partial charge in [0.1, 0.15) is 0 Å². The lowest BCUT2D eigenvalue weighted by Crippen LogP contribution is -2.21. The van der Waals surface area contributed by atoms with Gasteiger partial charge in [0, 0.05) is 17.2 Å². The average molecular weight is 314 g/mol. The zero-order chi connectivity index (χ0) is 15.4. The van der Waals surface area contributed by atoms with Crippen molar-refractivity contribution < 1.29 is 9.90 Å². The van der Waals surface area contributed by atoms with Gasteiger partial charge in [-0.25, -0.2) is 0 Å². The number of pyridine rings is 1. The van der Waals surface area contributed by atoms with E-state index >= 15 is 0 Å². The third-order valence-corrected chi connectivity index (χ3v) is 4.01. The monoisotopic (exact) mass is 314 g/mol. The number of carbonyl (C=O) groups excluding carboxylic acids is 1. The molecule has 0 aliphatic carbocycles. The van der Waals surface area contributed by atoms with Crippen molar-refractivity contribution in [1.29, 1.82) is 0 Å². The highest BCUT2D eigenvalue weighted by molar-refractivity contribution is 7.11. The van der Waals surface area contributed by atoms with E-state index in [9.17, 15) is 4.79 Å². The van der Waals surface area contributed by atoms with Crippen molar-refractivity contribution in [2.75, 3.05) is 0 Å². The fourth-order valence-electron chi connectivity index (χ4n) is 1.96. The average Bonchev–Trinajstić information content (AvgIpc) is 3.17. The normalized spacial score (nSPS) is 11.3. The summed E-state index contributed by atoms with van der Waals surface area (Å²) in [6.07, 6.45) is 5.05. The van der Waals surface area contributed by atoms with Crippen LogP contribution >= 0.6 is 11.3 Å². The number of rotatable bonds is 5. The minimum Gasteiger partial charge on any atom is -0.392 e. The van der Waals surface area contributed by atoms with Crippen molar-refractivity contribution in [3.8, 4) is 0 Å². The zero-order valence-corrected chi connectivity index (χ0v) is 12.5. The van der Waals surface area contributed by atoms with E-state index in [1.807, 2.05) is 40.2 Å². The number of aliphatic hydroxyl groups is 1. The second-order valence-corrected chi connectivity index (χ2v) is 5.55. The van der Waals surface area contributed by atoms with Crippen LogP contribution in [0.15, 0.2) is 41.9 Å². The van der Waals surface area contributed by atoms with Crippen LogP contribution in [0, 0.1) is 0 Å². The van der Waals surface area contributed by atoms with Gasteiger partial charge in [0.25, 0.3) is 0 Å². The molecule has 3 aromatic heterocycles. The molecule has 22 heavy (non-hydrogen) atoms. The van der Waals surface area contributed by atoms with Gasteiger partial charge in [-0.05, 0) is 35.2 Å².